The van der Waals surface area contributed by atoms with E-state index in [4.69, 9.17) is 0 Å². The Kier molecular flexibility index (Phi) is 6.56. The smallest absolute Gasteiger partial charge is 0.244 e. The summed E-state index contributed by atoms with van der Waals surface area (Å²) in [6, 6.07) is 23.0. The maximum absolute atomic E-state index is 12.7. The highest BCUT2D eigenvalue weighted by molar-refractivity contribution is 7.99. The van der Waals surface area contributed by atoms with E-state index in [1.54, 1.807) is 0 Å². The number of carbonyl (C=O) groups excluding carboxylic acids is 2. The number of aryl methyl sites for hydroxylation is 2. The van der Waals surface area contributed by atoms with Crippen molar-refractivity contribution in [3.63, 3.8) is 0 Å². The molecule has 0 atom stereocenters. The number of fused-ring (bicyclic) bond motifs is 1. The zero-order valence-corrected chi connectivity index (χ0v) is 18.8. The van der Waals surface area contributed by atoms with Gasteiger partial charge in [0.25, 0.3) is 0 Å². The number of hydrogen-bond acceptors (Lipinski definition) is 4. The zero-order valence-electron chi connectivity index (χ0n) is 18.0. The van der Waals surface area contributed by atoms with Crippen molar-refractivity contribution < 1.29 is 9.59 Å². The van der Waals surface area contributed by atoms with Gasteiger partial charge in [0, 0.05) is 11.4 Å². The molecular weight excluding hydrogens is 420 g/mol. The summed E-state index contributed by atoms with van der Waals surface area (Å²) < 4.78 is 1.85. The predicted octanol–water partition coefficient (Wildman–Crippen LogP) is 5.02. The van der Waals surface area contributed by atoms with Gasteiger partial charge in [0.1, 0.15) is 6.54 Å². The number of nitrogens with zero attached hydrogens (tertiary/aromatic N) is 2. The van der Waals surface area contributed by atoms with Crippen molar-refractivity contribution in [3.8, 4) is 0 Å². The monoisotopic (exact) mass is 444 g/mol. The molecule has 162 valence electrons. The lowest BCUT2D eigenvalue weighted by Crippen LogP contribution is -2.20. The van der Waals surface area contributed by atoms with Gasteiger partial charge < -0.3 is 15.2 Å². The van der Waals surface area contributed by atoms with Gasteiger partial charge in [0.05, 0.1) is 16.8 Å². The molecule has 7 heteroatoms. The van der Waals surface area contributed by atoms with Crippen LogP contribution in [0.5, 0.6) is 0 Å². The molecule has 0 saturated carbocycles. The van der Waals surface area contributed by atoms with E-state index in [0.717, 1.165) is 33.5 Å². The summed E-state index contributed by atoms with van der Waals surface area (Å²) in [5, 5.41) is 6.46. The SMILES string of the molecule is Cc1ccc(NC(=O)CSc2nc3ccccc3n2CC(=O)Nc2cccc(C)c2)cc1. The highest BCUT2D eigenvalue weighted by Gasteiger charge is 2.16. The fourth-order valence-corrected chi connectivity index (χ4v) is 4.16. The molecule has 2 amide bonds. The van der Waals surface area contributed by atoms with Crippen LogP contribution in [0.15, 0.2) is 78.0 Å². The van der Waals surface area contributed by atoms with Crippen molar-refractivity contribution >= 4 is 46.0 Å². The van der Waals surface area contributed by atoms with Crippen LogP contribution in [-0.4, -0.2) is 27.1 Å². The summed E-state index contributed by atoms with van der Waals surface area (Å²) in [6.07, 6.45) is 0. The topological polar surface area (TPSA) is 76.0 Å². The molecule has 3 aromatic carbocycles. The number of nitrogens with one attached hydrogen (secondary N) is 2. The number of thioether (sulfide) groups is 1. The fourth-order valence-electron chi connectivity index (χ4n) is 3.35. The first-order chi connectivity index (χ1) is 15.5. The number of carbonyl (C=O) groups is 2. The van der Waals surface area contributed by atoms with Crippen LogP contribution in [0.4, 0.5) is 11.4 Å². The van der Waals surface area contributed by atoms with Crippen LogP contribution in [0.1, 0.15) is 11.1 Å². The molecule has 0 fully saturated rings. The average Bonchev–Trinajstić information content (AvgIpc) is 3.11. The lowest BCUT2D eigenvalue weighted by atomic mass is 10.2. The molecule has 6 nitrogen and oxygen atoms in total. The van der Waals surface area contributed by atoms with Crippen molar-refractivity contribution in [1.82, 2.24) is 9.55 Å². The van der Waals surface area contributed by atoms with Crippen LogP contribution in [0.25, 0.3) is 11.0 Å². The Morgan fingerprint density at radius 2 is 1.59 bits per heavy atom. The van der Waals surface area contributed by atoms with Gasteiger partial charge in [-0.15, -0.1) is 0 Å². The minimum absolute atomic E-state index is 0.108. The Balaban J connectivity index is 1.47. The average molecular weight is 445 g/mol. The van der Waals surface area contributed by atoms with E-state index < -0.39 is 0 Å². The zero-order chi connectivity index (χ0) is 22.5. The summed E-state index contributed by atoms with van der Waals surface area (Å²) in [6.45, 7) is 4.09. The number of benzene rings is 3. The third-order valence-corrected chi connectivity index (χ3v) is 5.87. The predicted molar refractivity (Wildman–Crippen MR) is 130 cm³/mol. The lowest BCUT2D eigenvalue weighted by Gasteiger charge is -2.10. The molecule has 4 rings (SSSR count). The van der Waals surface area contributed by atoms with E-state index in [9.17, 15) is 9.59 Å². The molecular formula is C25H24N4O2S. The molecule has 0 spiro atoms. The first-order valence-electron chi connectivity index (χ1n) is 10.3. The molecule has 32 heavy (non-hydrogen) atoms. The molecule has 0 radical (unpaired) electrons. The Hall–Kier alpha value is -3.58. The Morgan fingerprint density at radius 1 is 0.844 bits per heavy atom. The van der Waals surface area contributed by atoms with Gasteiger partial charge in [0.2, 0.25) is 11.8 Å². The van der Waals surface area contributed by atoms with Gasteiger partial charge in [-0.05, 0) is 55.8 Å². The van der Waals surface area contributed by atoms with E-state index in [1.807, 2.05) is 91.2 Å². The van der Waals surface area contributed by atoms with Gasteiger partial charge in [-0.2, -0.15) is 0 Å². The first kappa shape index (κ1) is 21.6. The standard InChI is InChI=1S/C25H24N4O2S/c1-17-10-12-19(13-11-17)26-24(31)16-32-25-28-21-8-3-4-9-22(21)29(25)15-23(30)27-20-7-5-6-18(2)14-20/h3-14H,15-16H2,1-2H3,(H,26,31)(H,27,30). The van der Waals surface area contributed by atoms with Crippen LogP contribution < -0.4 is 10.6 Å². The second kappa shape index (κ2) is 9.70. The number of aromatic nitrogens is 2. The third-order valence-electron chi connectivity index (χ3n) is 4.89. The van der Waals surface area contributed by atoms with Gasteiger partial charge in [-0.3, -0.25) is 9.59 Å². The second-order valence-electron chi connectivity index (χ2n) is 7.59. The van der Waals surface area contributed by atoms with Gasteiger partial charge >= 0.3 is 0 Å². The molecule has 0 unspecified atom stereocenters. The van der Waals surface area contributed by atoms with Gasteiger partial charge in [0.15, 0.2) is 5.16 Å². The van der Waals surface area contributed by atoms with Crippen LogP contribution in [0, 0.1) is 13.8 Å². The molecule has 1 aromatic heterocycles. The van der Waals surface area contributed by atoms with E-state index in [1.165, 1.54) is 11.8 Å². The Morgan fingerprint density at radius 3 is 2.38 bits per heavy atom. The van der Waals surface area contributed by atoms with Crippen molar-refractivity contribution in [2.45, 2.75) is 25.5 Å². The van der Waals surface area contributed by atoms with Crippen LogP contribution >= 0.6 is 11.8 Å². The number of amides is 2. The summed E-state index contributed by atoms with van der Waals surface area (Å²) >= 11 is 1.31. The Labute approximate surface area is 191 Å². The van der Waals surface area contributed by atoms with E-state index in [-0.39, 0.29) is 24.1 Å². The summed E-state index contributed by atoms with van der Waals surface area (Å²) in [7, 11) is 0. The van der Waals surface area contributed by atoms with E-state index in [0.29, 0.717) is 5.16 Å². The third kappa shape index (κ3) is 5.36. The number of rotatable bonds is 7. The van der Waals surface area contributed by atoms with E-state index >= 15 is 0 Å². The highest BCUT2D eigenvalue weighted by atomic mass is 32.2. The van der Waals surface area contributed by atoms with Crippen molar-refractivity contribution in [2.75, 3.05) is 16.4 Å². The number of hydrogen-bond donors (Lipinski definition) is 2. The quantitative estimate of drug-likeness (QED) is 0.392. The van der Waals surface area contributed by atoms with Crippen LogP contribution in [0.2, 0.25) is 0 Å². The summed E-state index contributed by atoms with van der Waals surface area (Å²) in [5.41, 5.74) is 5.37. The maximum atomic E-state index is 12.7. The molecule has 0 saturated heterocycles. The molecule has 2 N–H and O–H groups in total. The molecule has 1 heterocycles. The number of para-hydroxylation sites is 2. The summed E-state index contributed by atoms with van der Waals surface area (Å²) in [4.78, 5) is 29.8. The second-order valence-corrected chi connectivity index (χ2v) is 8.53. The van der Waals surface area contributed by atoms with Crippen molar-refractivity contribution in [2.24, 2.45) is 0 Å². The van der Waals surface area contributed by atoms with Crippen LogP contribution in [-0.2, 0) is 16.1 Å². The maximum Gasteiger partial charge on any atom is 0.244 e. The molecule has 4 aromatic rings. The largest absolute Gasteiger partial charge is 0.325 e. The number of anilines is 2. The Bertz CT molecular complexity index is 1260. The van der Waals surface area contributed by atoms with Crippen molar-refractivity contribution in [3.05, 3.63) is 83.9 Å². The highest BCUT2D eigenvalue weighted by Crippen LogP contribution is 2.24. The fraction of sp³-hybridized carbons (Fsp3) is 0.160. The molecule has 0 bridgehead atoms. The number of imidazole rings is 1. The minimum atomic E-state index is -0.148. The lowest BCUT2D eigenvalue weighted by molar-refractivity contribution is -0.117. The van der Waals surface area contributed by atoms with Gasteiger partial charge in [-0.25, -0.2) is 4.98 Å². The van der Waals surface area contributed by atoms with Gasteiger partial charge in [-0.1, -0.05) is 53.7 Å². The first-order valence-corrected chi connectivity index (χ1v) is 11.3. The molecule has 0 aliphatic carbocycles. The van der Waals surface area contributed by atoms with E-state index in [2.05, 4.69) is 15.6 Å². The molecule has 0 aliphatic heterocycles. The van der Waals surface area contributed by atoms with Crippen molar-refractivity contribution in [1.29, 1.82) is 0 Å². The van der Waals surface area contributed by atoms with Crippen LogP contribution in [0.3, 0.4) is 0 Å². The molecule has 0 aliphatic rings. The summed E-state index contributed by atoms with van der Waals surface area (Å²) in [5.74, 6) is -0.0807. The normalized spacial score (nSPS) is 10.8. The minimum Gasteiger partial charge on any atom is -0.325 e.